The van der Waals surface area contributed by atoms with E-state index in [0.29, 0.717) is 0 Å². The van der Waals surface area contributed by atoms with Gasteiger partial charge in [0.15, 0.2) is 0 Å². The van der Waals surface area contributed by atoms with E-state index in [1.165, 1.54) is 5.56 Å². The molecule has 2 heteroatoms. The Morgan fingerprint density at radius 2 is 1.94 bits per heavy atom. The van der Waals surface area contributed by atoms with Gasteiger partial charge in [-0.2, -0.15) is 0 Å². The van der Waals surface area contributed by atoms with Gasteiger partial charge in [0.1, 0.15) is 5.76 Å². The third kappa shape index (κ3) is 3.97. The fourth-order valence-electron chi connectivity index (χ4n) is 1.52. The molecule has 0 aromatic heterocycles. The van der Waals surface area contributed by atoms with Gasteiger partial charge in [-0.25, -0.2) is 0 Å². The van der Waals surface area contributed by atoms with Gasteiger partial charge < -0.3 is 4.74 Å². The van der Waals surface area contributed by atoms with Gasteiger partial charge in [0, 0.05) is 0 Å². The van der Waals surface area contributed by atoms with Crippen molar-refractivity contribution in [2.45, 2.75) is 20.3 Å². The molecule has 1 rings (SSSR count). The molecule has 0 fully saturated rings. The highest BCUT2D eigenvalue weighted by Crippen LogP contribution is 2.32. The van der Waals surface area contributed by atoms with Crippen LogP contribution in [0.15, 0.2) is 48.2 Å². The van der Waals surface area contributed by atoms with E-state index in [4.69, 9.17) is 4.74 Å². The lowest BCUT2D eigenvalue weighted by Crippen LogP contribution is -1.98. The van der Waals surface area contributed by atoms with E-state index < -0.39 is 0 Å². The molecule has 1 aromatic carbocycles. The Morgan fingerprint density at radius 3 is 2.41 bits per heavy atom. The lowest BCUT2D eigenvalue weighted by molar-refractivity contribution is 0.223. The Balaban J connectivity index is 3.12. The molecule has 1 nitrogen and oxygen atoms in total. The largest absolute Gasteiger partial charge is 0.492 e. The second kappa shape index (κ2) is 7.23. The summed E-state index contributed by atoms with van der Waals surface area (Å²) in [7, 11) is 0. The van der Waals surface area contributed by atoms with Crippen LogP contribution >= 0.6 is 11.8 Å². The minimum absolute atomic E-state index is 0.735. The van der Waals surface area contributed by atoms with Crippen molar-refractivity contribution >= 4 is 16.7 Å². The first-order chi connectivity index (χ1) is 8.20. The smallest absolute Gasteiger partial charge is 0.135 e. The van der Waals surface area contributed by atoms with Crippen LogP contribution in [-0.2, 0) is 4.74 Å². The van der Waals surface area contributed by atoms with Gasteiger partial charge in [-0.3, -0.25) is 0 Å². The molecule has 17 heavy (non-hydrogen) atoms. The first kappa shape index (κ1) is 13.9. The van der Waals surface area contributed by atoms with E-state index in [1.54, 1.807) is 11.8 Å². The molecule has 0 aliphatic rings. The maximum atomic E-state index is 5.82. The molecule has 0 saturated carbocycles. The van der Waals surface area contributed by atoms with Crippen LogP contribution in [0.3, 0.4) is 0 Å². The van der Waals surface area contributed by atoms with E-state index in [9.17, 15) is 0 Å². The number of benzene rings is 1. The summed E-state index contributed by atoms with van der Waals surface area (Å²) in [4.78, 5) is 1.16. The van der Waals surface area contributed by atoms with Crippen molar-refractivity contribution in [3.05, 3.63) is 53.8 Å². The molecular formula is C15H20OS. The van der Waals surface area contributed by atoms with Gasteiger partial charge in [-0.05, 0) is 30.7 Å². The van der Waals surface area contributed by atoms with Crippen LogP contribution in [0.2, 0.25) is 0 Å². The summed E-state index contributed by atoms with van der Waals surface area (Å²) in [6.45, 7) is 8.84. The lowest BCUT2D eigenvalue weighted by Gasteiger charge is -2.15. The second-order valence-corrected chi connectivity index (χ2v) is 4.67. The number of ether oxygens (including phenoxy) is 1. The summed E-state index contributed by atoms with van der Waals surface area (Å²) in [5.74, 6) is 0.922. The number of hydrogen-bond acceptors (Lipinski definition) is 2. The Labute approximate surface area is 109 Å². The maximum absolute atomic E-state index is 5.82. The van der Waals surface area contributed by atoms with Crippen molar-refractivity contribution in [2.75, 3.05) is 12.9 Å². The fraction of sp³-hybridized carbons (Fsp3) is 0.333. The number of thioether (sulfide) groups is 1. The predicted octanol–water partition coefficient (Wildman–Crippen LogP) is 4.72. The Bertz CT molecular complexity index is 393. The fourth-order valence-corrected chi connectivity index (χ4v) is 2.31. The molecule has 0 spiro atoms. The zero-order chi connectivity index (χ0) is 12.7. The normalized spacial score (nSPS) is 11.9. The predicted molar refractivity (Wildman–Crippen MR) is 77.9 cm³/mol. The Morgan fingerprint density at radius 1 is 1.29 bits per heavy atom. The molecule has 0 N–H and O–H groups in total. The summed E-state index contributed by atoms with van der Waals surface area (Å²) in [6.07, 6.45) is 3.08. The van der Waals surface area contributed by atoms with Crippen molar-refractivity contribution < 1.29 is 4.74 Å². The van der Waals surface area contributed by atoms with E-state index in [1.807, 2.05) is 25.1 Å². The molecule has 0 atom stereocenters. The first-order valence-corrected chi connectivity index (χ1v) is 7.05. The molecule has 92 valence electrons. The molecule has 0 bridgehead atoms. The van der Waals surface area contributed by atoms with Crippen molar-refractivity contribution in [1.29, 1.82) is 0 Å². The van der Waals surface area contributed by atoms with Crippen LogP contribution in [0.4, 0.5) is 0 Å². The summed E-state index contributed by atoms with van der Waals surface area (Å²) < 4.78 is 5.82. The summed E-state index contributed by atoms with van der Waals surface area (Å²) in [5, 5.41) is 0. The van der Waals surface area contributed by atoms with Gasteiger partial charge in [0.2, 0.25) is 0 Å². The van der Waals surface area contributed by atoms with Gasteiger partial charge in [-0.1, -0.05) is 43.8 Å². The van der Waals surface area contributed by atoms with E-state index >= 15 is 0 Å². The maximum Gasteiger partial charge on any atom is 0.135 e. The Kier molecular flexibility index (Phi) is 5.92. The van der Waals surface area contributed by atoms with Crippen molar-refractivity contribution in [2.24, 2.45) is 0 Å². The highest BCUT2D eigenvalue weighted by molar-refractivity contribution is 8.07. The number of hydrogen-bond donors (Lipinski definition) is 0. The molecule has 0 unspecified atom stereocenters. The Hall–Kier alpha value is -1.15. The van der Waals surface area contributed by atoms with Crippen molar-refractivity contribution in [3.63, 3.8) is 0 Å². The standard InChI is InChI=1S/C15H20OS/c1-5-11-16-14(12(2)3)15(17-4)13-9-7-6-8-10-13/h6-10H,2,5,11H2,1,3-4H3. The lowest BCUT2D eigenvalue weighted by atomic mass is 10.1. The minimum atomic E-state index is 0.735. The summed E-state index contributed by atoms with van der Waals surface area (Å²) in [5.41, 5.74) is 2.17. The summed E-state index contributed by atoms with van der Waals surface area (Å²) >= 11 is 1.70. The molecule has 0 radical (unpaired) electrons. The van der Waals surface area contributed by atoms with Crippen LogP contribution < -0.4 is 0 Å². The SMILES string of the molecule is C=C(C)C(OCCC)=C(SC)c1ccccc1. The van der Waals surface area contributed by atoms with E-state index in [0.717, 1.165) is 29.3 Å². The molecule has 0 heterocycles. The van der Waals surface area contributed by atoms with Gasteiger partial charge in [0.25, 0.3) is 0 Å². The highest BCUT2D eigenvalue weighted by atomic mass is 32.2. The number of allylic oxidation sites excluding steroid dienone is 1. The molecule has 1 aromatic rings. The minimum Gasteiger partial charge on any atom is -0.492 e. The molecular weight excluding hydrogens is 228 g/mol. The monoisotopic (exact) mass is 248 g/mol. The van der Waals surface area contributed by atoms with Crippen LogP contribution in [0.1, 0.15) is 25.8 Å². The molecule has 0 saturated heterocycles. The topological polar surface area (TPSA) is 9.23 Å². The third-order valence-electron chi connectivity index (χ3n) is 2.28. The van der Waals surface area contributed by atoms with Crippen molar-refractivity contribution in [3.8, 4) is 0 Å². The highest BCUT2D eigenvalue weighted by Gasteiger charge is 2.10. The zero-order valence-electron chi connectivity index (χ0n) is 10.8. The quantitative estimate of drug-likeness (QED) is 0.532. The number of rotatable bonds is 6. The second-order valence-electron chi connectivity index (χ2n) is 3.86. The third-order valence-corrected chi connectivity index (χ3v) is 3.11. The van der Waals surface area contributed by atoms with Crippen LogP contribution in [0.5, 0.6) is 0 Å². The van der Waals surface area contributed by atoms with Crippen LogP contribution in [-0.4, -0.2) is 12.9 Å². The average Bonchev–Trinajstić information content (AvgIpc) is 2.35. The van der Waals surface area contributed by atoms with Crippen LogP contribution in [0.25, 0.3) is 4.91 Å². The molecule has 0 aliphatic carbocycles. The summed E-state index contributed by atoms with van der Waals surface area (Å²) in [6, 6.07) is 10.3. The van der Waals surface area contributed by atoms with E-state index in [2.05, 4.69) is 31.9 Å². The first-order valence-electron chi connectivity index (χ1n) is 5.83. The van der Waals surface area contributed by atoms with E-state index in [-0.39, 0.29) is 0 Å². The zero-order valence-corrected chi connectivity index (χ0v) is 11.6. The van der Waals surface area contributed by atoms with Gasteiger partial charge in [-0.15, -0.1) is 11.8 Å². The van der Waals surface area contributed by atoms with Gasteiger partial charge >= 0.3 is 0 Å². The van der Waals surface area contributed by atoms with Crippen molar-refractivity contribution in [1.82, 2.24) is 0 Å². The molecule has 0 amide bonds. The average molecular weight is 248 g/mol. The van der Waals surface area contributed by atoms with Gasteiger partial charge in [0.05, 0.1) is 11.5 Å². The molecule has 0 aliphatic heterocycles. The van der Waals surface area contributed by atoms with Crippen LogP contribution in [0, 0.1) is 0 Å².